The van der Waals surface area contributed by atoms with Gasteiger partial charge >= 0.3 is 5.97 Å². The number of carbonyl (C=O) groups excluding carboxylic acids is 1. The van der Waals surface area contributed by atoms with Gasteiger partial charge in [-0.3, -0.25) is 14.7 Å². The van der Waals surface area contributed by atoms with Gasteiger partial charge in [0, 0.05) is 6.54 Å². The molecule has 3 N–H and O–H groups in total. The highest BCUT2D eigenvalue weighted by atomic mass is 16.4. The van der Waals surface area contributed by atoms with Gasteiger partial charge in [0.15, 0.2) is 0 Å². The number of carbonyl (C=O) groups is 2. The molecular weight excluding hydrogens is 260 g/mol. The molecule has 0 bridgehead atoms. The van der Waals surface area contributed by atoms with E-state index in [0.717, 1.165) is 5.56 Å². The minimum atomic E-state index is -0.909. The van der Waals surface area contributed by atoms with Crippen molar-refractivity contribution in [3.8, 4) is 0 Å². The van der Waals surface area contributed by atoms with E-state index in [1.165, 1.54) is 0 Å². The van der Waals surface area contributed by atoms with Gasteiger partial charge in [0.05, 0.1) is 6.42 Å². The van der Waals surface area contributed by atoms with Crippen LogP contribution in [-0.4, -0.2) is 32.2 Å². The fourth-order valence-corrected chi connectivity index (χ4v) is 1.76. The van der Waals surface area contributed by atoms with Crippen LogP contribution in [0.2, 0.25) is 0 Å². The molecule has 2 aromatic rings. The topological polar surface area (TPSA) is 108 Å². The molecule has 1 amide bonds. The number of amides is 1. The number of nitrogens with zero attached hydrogens (tertiary/aromatic N) is 2. The Morgan fingerprint density at radius 3 is 2.60 bits per heavy atom. The molecule has 0 spiro atoms. The van der Waals surface area contributed by atoms with Crippen molar-refractivity contribution in [2.45, 2.75) is 19.9 Å². The molecule has 0 aliphatic carbocycles. The molecule has 20 heavy (non-hydrogen) atoms. The number of benzene rings is 1. The molecule has 1 aromatic heterocycles. The molecule has 0 fully saturated rings. The first-order valence-electron chi connectivity index (χ1n) is 6.02. The SMILES string of the molecule is Cc1nc(C(=O)NCc2ccccc2CC(=O)O)n[nH]1. The van der Waals surface area contributed by atoms with E-state index in [4.69, 9.17) is 5.11 Å². The summed E-state index contributed by atoms with van der Waals surface area (Å²) >= 11 is 0. The number of carboxylic acid groups (broad SMARTS) is 1. The Bertz CT molecular complexity index is 636. The first-order chi connectivity index (χ1) is 9.56. The summed E-state index contributed by atoms with van der Waals surface area (Å²) in [5, 5.41) is 17.8. The Morgan fingerprint density at radius 1 is 1.30 bits per heavy atom. The summed E-state index contributed by atoms with van der Waals surface area (Å²) in [7, 11) is 0. The molecule has 7 nitrogen and oxygen atoms in total. The van der Waals surface area contributed by atoms with Crippen molar-refractivity contribution in [2.75, 3.05) is 0 Å². The fraction of sp³-hybridized carbons (Fsp3) is 0.231. The summed E-state index contributed by atoms with van der Waals surface area (Å²) in [6.45, 7) is 1.93. The maximum Gasteiger partial charge on any atom is 0.307 e. The third-order valence-electron chi connectivity index (χ3n) is 2.70. The summed E-state index contributed by atoms with van der Waals surface area (Å²) in [4.78, 5) is 26.5. The maximum absolute atomic E-state index is 11.8. The molecule has 0 atom stereocenters. The van der Waals surface area contributed by atoms with Crippen molar-refractivity contribution in [3.63, 3.8) is 0 Å². The summed E-state index contributed by atoms with van der Waals surface area (Å²) < 4.78 is 0. The first-order valence-corrected chi connectivity index (χ1v) is 6.02. The number of aromatic nitrogens is 3. The van der Waals surface area contributed by atoms with Gasteiger partial charge < -0.3 is 10.4 Å². The summed E-state index contributed by atoms with van der Waals surface area (Å²) in [6.07, 6.45) is -0.0776. The van der Waals surface area contributed by atoms with Crippen molar-refractivity contribution < 1.29 is 14.7 Å². The largest absolute Gasteiger partial charge is 0.481 e. The van der Waals surface area contributed by atoms with Crippen LogP contribution >= 0.6 is 0 Å². The van der Waals surface area contributed by atoms with Gasteiger partial charge in [0.2, 0.25) is 5.82 Å². The molecule has 1 heterocycles. The lowest BCUT2D eigenvalue weighted by Gasteiger charge is -2.08. The second kappa shape index (κ2) is 5.96. The van der Waals surface area contributed by atoms with E-state index in [1.807, 2.05) is 0 Å². The van der Waals surface area contributed by atoms with Crippen LogP contribution in [0.1, 0.15) is 27.6 Å². The Labute approximate surface area is 115 Å². The predicted octanol–water partition coefficient (Wildman–Crippen LogP) is 0.670. The highest BCUT2D eigenvalue weighted by molar-refractivity contribution is 5.90. The normalized spacial score (nSPS) is 10.2. The molecule has 0 radical (unpaired) electrons. The van der Waals surface area contributed by atoms with Crippen molar-refractivity contribution in [1.82, 2.24) is 20.5 Å². The third-order valence-corrected chi connectivity index (χ3v) is 2.70. The van der Waals surface area contributed by atoms with E-state index in [-0.39, 0.29) is 18.8 Å². The van der Waals surface area contributed by atoms with Crippen LogP contribution in [0, 0.1) is 6.92 Å². The first kappa shape index (κ1) is 13.7. The number of H-pyrrole nitrogens is 1. The average Bonchev–Trinajstić information content (AvgIpc) is 2.83. The van der Waals surface area contributed by atoms with Crippen LogP contribution < -0.4 is 5.32 Å². The van der Waals surface area contributed by atoms with Gasteiger partial charge in [-0.05, 0) is 18.1 Å². The van der Waals surface area contributed by atoms with Gasteiger partial charge in [-0.15, -0.1) is 5.10 Å². The number of aliphatic carboxylic acids is 1. The quantitative estimate of drug-likeness (QED) is 0.742. The Kier molecular flexibility index (Phi) is 4.09. The Hall–Kier alpha value is -2.70. The Balaban J connectivity index is 2.03. The lowest BCUT2D eigenvalue weighted by Crippen LogP contribution is -2.24. The van der Waals surface area contributed by atoms with E-state index in [2.05, 4.69) is 20.5 Å². The van der Waals surface area contributed by atoms with Crippen molar-refractivity contribution in [2.24, 2.45) is 0 Å². The second-order valence-electron chi connectivity index (χ2n) is 4.27. The van der Waals surface area contributed by atoms with Crippen LogP contribution in [-0.2, 0) is 17.8 Å². The fourth-order valence-electron chi connectivity index (χ4n) is 1.76. The molecular formula is C13H14N4O3. The van der Waals surface area contributed by atoms with Gasteiger partial charge in [-0.25, -0.2) is 4.98 Å². The predicted molar refractivity (Wildman–Crippen MR) is 70.1 cm³/mol. The summed E-state index contributed by atoms with van der Waals surface area (Å²) in [6, 6.07) is 7.07. The highest BCUT2D eigenvalue weighted by Gasteiger charge is 2.12. The molecule has 0 aliphatic heterocycles. The molecule has 0 saturated heterocycles. The van der Waals surface area contributed by atoms with Crippen LogP contribution in [0.5, 0.6) is 0 Å². The smallest absolute Gasteiger partial charge is 0.307 e. The number of aromatic amines is 1. The lowest BCUT2D eigenvalue weighted by atomic mass is 10.0. The molecule has 1 aromatic carbocycles. The number of rotatable bonds is 5. The zero-order valence-electron chi connectivity index (χ0n) is 10.9. The van der Waals surface area contributed by atoms with Gasteiger partial charge in [-0.2, -0.15) is 0 Å². The standard InChI is InChI=1S/C13H14N4O3/c1-8-15-12(17-16-8)13(20)14-7-10-5-3-2-4-9(10)6-11(18)19/h2-5H,6-7H2,1H3,(H,14,20)(H,18,19)(H,15,16,17). The molecule has 104 valence electrons. The lowest BCUT2D eigenvalue weighted by molar-refractivity contribution is -0.136. The van der Waals surface area contributed by atoms with E-state index in [1.54, 1.807) is 31.2 Å². The van der Waals surface area contributed by atoms with Crippen LogP contribution in [0.25, 0.3) is 0 Å². The van der Waals surface area contributed by atoms with Crippen molar-refractivity contribution in [3.05, 3.63) is 47.0 Å². The third kappa shape index (κ3) is 3.41. The van der Waals surface area contributed by atoms with E-state index < -0.39 is 11.9 Å². The van der Waals surface area contributed by atoms with Crippen molar-refractivity contribution in [1.29, 1.82) is 0 Å². The van der Waals surface area contributed by atoms with Crippen LogP contribution in [0.15, 0.2) is 24.3 Å². The van der Waals surface area contributed by atoms with E-state index in [9.17, 15) is 9.59 Å². The van der Waals surface area contributed by atoms with Crippen LogP contribution in [0.4, 0.5) is 0 Å². The number of hydrogen-bond donors (Lipinski definition) is 3. The van der Waals surface area contributed by atoms with E-state index in [0.29, 0.717) is 11.4 Å². The van der Waals surface area contributed by atoms with Gasteiger partial charge in [0.25, 0.3) is 5.91 Å². The Morgan fingerprint density at radius 2 is 2.00 bits per heavy atom. The van der Waals surface area contributed by atoms with Gasteiger partial charge in [0.1, 0.15) is 5.82 Å². The maximum atomic E-state index is 11.8. The van der Waals surface area contributed by atoms with Gasteiger partial charge in [-0.1, -0.05) is 24.3 Å². The highest BCUT2D eigenvalue weighted by Crippen LogP contribution is 2.09. The second-order valence-corrected chi connectivity index (χ2v) is 4.27. The minimum Gasteiger partial charge on any atom is -0.481 e. The van der Waals surface area contributed by atoms with Crippen LogP contribution in [0.3, 0.4) is 0 Å². The molecule has 0 saturated carbocycles. The zero-order valence-corrected chi connectivity index (χ0v) is 10.9. The molecule has 0 aliphatic rings. The minimum absolute atomic E-state index is 0.0678. The molecule has 7 heteroatoms. The monoisotopic (exact) mass is 274 g/mol. The summed E-state index contributed by atoms with van der Waals surface area (Å²) in [5.41, 5.74) is 1.43. The average molecular weight is 274 g/mol. The van der Waals surface area contributed by atoms with Crippen molar-refractivity contribution >= 4 is 11.9 Å². The zero-order chi connectivity index (χ0) is 14.5. The number of nitrogens with one attached hydrogen (secondary N) is 2. The summed E-state index contributed by atoms with van der Waals surface area (Å²) in [5.74, 6) is -0.688. The number of carboxylic acids is 1. The van der Waals surface area contributed by atoms with E-state index >= 15 is 0 Å². The number of aryl methyl sites for hydroxylation is 1. The number of hydrogen-bond acceptors (Lipinski definition) is 4. The molecule has 2 rings (SSSR count). The molecule has 0 unspecified atom stereocenters.